The monoisotopic (exact) mass is 429 g/mol. The van der Waals surface area contributed by atoms with E-state index >= 15 is 0 Å². The van der Waals surface area contributed by atoms with Gasteiger partial charge in [0, 0.05) is 18.6 Å². The van der Waals surface area contributed by atoms with Crippen molar-refractivity contribution in [3.05, 3.63) is 101 Å². The molecular weight excluding hydrogens is 411 g/mol. The van der Waals surface area contributed by atoms with Crippen molar-refractivity contribution < 1.29 is 32.6 Å². The van der Waals surface area contributed by atoms with Gasteiger partial charge in [0.1, 0.15) is 41.4 Å². The average Bonchev–Trinajstić information content (AvgIpc) is 2.72. The molecule has 0 heterocycles. The molecule has 0 unspecified atom stereocenters. The highest BCUT2D eigenvalue weighted by atomic mass is 19.1. The standard InChI is InChI=1S/C23H18F3NO4/c24-16-11-18(25)21(19(26)12-16)22(28)27-20(23(29)30)10-15-7-4-8-17(9-15)31-13-14-5-2-1-3-6-14/h1-9,11-12,20H,10,13H2,(H,27,28)(H,29,30)/t20-/m0/s1. The van der Waals surface area contributed by atoms with E-state index in [1.165, 1.54) is 0 Å². The Morgan fingerprint density at radius 3 is 2.19 bits per heavy atom. The number of aliphatic carboxylic acids is 1. The van der Waals surface area contributed by atoms with Crippen LogP contribution >= 0.6 is 0 Å². The molecule has 0 aliphatic heterocycles. The van der Waals surface area contributed by atoms with Gasteiger partial charge < -0.3 is 15.2 Å². The molecule has 5 nitrogen and oxygen atoms in total. The van der Waals surface area contributed by atoms with E-state index in [2.05, 4.69) is 5.32 Å². The van der Waals surface area contributed by atoms with E-state index in [1.807, 2.05) is 30.3 Å². The second-order valence-electron chi connectivity index (χ2n) is 6.73. The summed E-state index contributed by atoms with van der Waals surface area (Å²) >= 11 is 0. The Hall–Kier alpha value is -3.81. The lowest BCUT2D eigenvalue weighted by Crippen LogP contribution is -2.43. The first-order valence-electron chi connectivity index (χ1n) is 9.27. The molecule has 1 amide bonds. The minimum atomic E-state index is -1.47. The van der Waals surface area contributed by atoms with E-state index < -0.39 is 40.9 Å². The van der Waals surface area contributed by atoms with Crippen LogP contribution in [-0.4, -0.2) is 23.0 Å². The maximum absolute atomic E-state index is 13.8. The summed E-state index contributed by atoms with van der Waals surface area (Å²) in [5, 5.41) is 11.5. The summed E-state index contributed by atoms with van der Waals surface area (Å²) in [6.45, 7) is 0.312. The predicted molar refractivity (Wildman–Crippen MR) is 106 cm³/mol. The molecule has 0 saturated heterocycles. The predicted octanol–water partition coefficient (Wildman–Crippen LogP) is 4.11. The SMILES string of the molecule is O=C(N[C@@H](Cc1cccc(OCc2ccccc2)c1)C(=O)O)c1c(F)cc(F)cc1F. The van der Waals surface area contributed by atoms with Crippen LogP contribution < -0.4 is 10.1 Å². The number of carboxylic acid groups (broad SMARTS) is 1. The van der Waals surface area contributed by atoms with E-state index in [9.17, 15) is 27.9 Å². The first kappa shape index (κ1) is 21.9. The van der Waals surface area contributed by atoms with Crippen LogP contribution in [0.1, 0.15) is 21.5 Å². The zero-order valence-corrected chi connectivity index (χ0v) is 16.1. The number of nitrogens with one attached hydrogen (secondary N) is 1. The summed E-state index contributed by atoms with van der Waals surface area (Å²) in [4.78, 5) is 23.8. The van der Waals surface area contributed by atoms with E-state index in [4.69, 9.17) is 4.74 Å². The van der Waals surface area contributed by atoms with Crippen LogP contribution in [0.25, 0.3) is 0 Å². The van der Waals surface area contributed by atoms with Gasteiger partial charge in [-0.25, -0.2) is 18.0 Å². The third-order valence-electron chi connectivity index (χ3n) is 4.42. The zero-order chi connectivity index (χ0) is 22.4. The van der Waals surface area contributed by atoms with Crippen molar-refractivity contribution in [1.29, 1.82) is 0 Å². The number of halogens is 3. The summed E-state index contributed by atoms with van der Waals surface area (Å²) in [7, 11) is 0. The summed E-state index contributed by atoms with van der Waals surface area (Å²) < 4.78 is 46.4. The minimum Gasteiger partial charge on any atom is -0.489 e. The van der Waals surface area contributed by atoms with Gasteiger partial charge in [-0.2, -0.15) is 0 Å². The molecule has 0 fully saturated rings. The van der Waals surface area contributed by atoms with Crippen LogP contribution in [0.2, 0.25) is 0 Å². The zero-order valence-electron chi connectivity index (χ0n) is 16.1. The lowest BCUT2D eigenvalue weighted by Gasteiger charge is -2.16. The van der Waals surface area contributed by atoms with E-state index in [-0.39, 0.29) is 6.42 Å². The topological polar surface area (TPSA) is 75.6 Å². The van der Waals surface area contributed by atoms with Crippen LogP contribution in [0.15, 0.2) is 66.7 Å². The van der Waals surface area contributed by atoms with Crippen molar-refractivity contribution in [3.8, 4) is 5.75 Å². The van der Waals surface area contributed by atoms with Gasteiger partial charge in [0.05, 0.1) is 0 Å². The van der Waals surface area contributed by atoms with E-state index in [0.717, 1.165) is 5.56 Å². The van der Waals surface area contributed by atoms with Gasteiger partial charge in [-0.1, -0.05) is 42.5 Å². The van der Waals surface area contributed by atoms with Crippen LogP contribution in [0.3, 0.4) is 0 Å². The van der Waals surface area contributed by atoms with Gasteiger partial charge in [0.25, 0.3) is 5.91 Å². The Bertz CT molecular complexity index is 1070. The summed E-state index contributed by atoms with van der Waals surface area (Å²) in [6.07, 6.45) is -0.159. The number of ether oxygens (including phenoxy) is 1. The molecule has 31 heavy (non-hydrogen) atoms. The number of amides is 1. The number of rotatable bonds is 8. The van der Waals surface area contributed by atoms with Gasteiger partial charge in [-0.15, -0.1) is 0 Å². The highest BCUT2D eigenvalue weighted by Gasteiger charge is 2.25. The molecule has 3 rings (SSSR count). The molecule has 2 N–H and O–H groups in total. The highest BCUT2D eigenvalue weighted by Crippen LogP contribution is 2.18. The molecule has 3 aromatic carbocycles. The third-order valence-corrected chi connectivity index (χ3v) is 4.42. The molecule has 0 saturated carbocycles. The van der Waals surface area contributed by atoms with Gasteiger partial charge >= 0.3 is 5.97 Å². The fraction of sp³-hybridized carbons (Fsp3) is 0.130. The molecule has 1 atom stereocenters. The Balaban J connectivity index is 1.70. The number of carboxylic acids is 1. The Morgan fingerprint density at radius 1 is 0.903 bits per heavy atom. The molecule has 0 bridgehead atoms. The number of carbonyl (C=O) groups excluding carboxylic acids is 1. The molecule has 0 aliphatic rings. The summed E-state index contributed by atoms with van der Waals surface area (Å²) in [6, 6.07) is 15.3. The molecular formula is C23H18F3NO4. The highest BCUT2D eigenvalue weighted by molar-refractivity contribution is 5.97. The largest absolute Gasteiger partial charge is 0.489 e. The molecule has 0 radical (unpaired) electrons. The lowest BCUT2D eigenvalue weighted by atomic mass is 10.0. The van der Waals surface area contributed by atoms with Crippen molar-refractivity contribution in [2.24, 2.45) is 0 Å². The maximum atomic E-state index is 13.8. The van der Waals surface area contributed by atoms with Gasteiger partial charge in [0.2, 0.25) is 0 Å². The first-order chi connectivity index (χ1) is 14.8. The van der Waals surface area contributed by atoms with Crippen molar-refractivity contribution in [3.63, 3.8) is 0 Å². The van der Waals surface area contributed by atoms with Crippen molar-refractivity contribution in [1.82, 2.24) is 5.32 Å². The van der Waals surface area contributed by atoms with E-state index in [1.54, 1.807) is 24.3 Å². The smallest absolute Gasteiger partial charge is 0.326 e. The second kappa shape index (κ2) is 9.80. The van der Waals surface area contributed by atoms with Crippen LogP contribution in [0, 0.1) is 17.5 Å². The number of benzene rings is 3. The number of hydrogen-bond acceptors (Lipinski definition) is 3. The third kappa shape index (κ3) is 5.85. The number of hydrogen-bond donors (Lipinski definition) is 2. The summed E-state index contributed by atoms with van der Waals surface area (Å²) in [5.41, 5.74) is 0.429. The normalized spacial score (nSPS) is 11.6. The lowest BCUT2D eigenvalue weighted by molar-refractivity contribution is -0.139. The molecule has 3 aromatic rings. The van der Waals surface area contributed by atoms with Crippen molar-refractivity contribution in [2.45, 2.75) is 19.1 Å². The fourth-order valence-electron chi connectivity index (χ4n) is 2.93. The molecule has 0 spiro atoms. The quantitative estimate of drug-likeness (QED) is 0.565. The van der Waals surface area contributed by atoms with Crippen molar-refractivity contribution in [2.75, 3.05) is 0 Å². The Kier molecular flexibility index (Phi) is 6.92. The average molecular weight is 429 g/mol. The minimum absolute atomic E-state index is 0.159. The van der Waals surface area contributed by atoms with Gasteiger partial charge in [-0.05, 0) is 23.3 Å². The van der Waals surface area contributed by atoms with Gasteiger partial charge in [0.15, 0.2) is 0 Å². The first-order valence-corrected chi connectivity index (χ1v) is 9.27. The Morgan fingerprint density at radius 2 is 1.55 bits per heavy atom. The molecule has 8 heteroatoms. The van der Waals surface area contributed by atoms with Crippen molar-refractivity contribution >= 4 is 11.9 Å². The molecule has 160 valence electrons. The summed E-state index contributed by atoms with van der Waals surface area (Å²) in [5.74, 6) is -6.22. The van der Waals surface area contributed by atoms with Crippen LogP contribution in [0.4, 0.5) is 13.2 Å². The van der Waals surface area contributed by atoms with Crippen LogP contribution in [0.5, 0.6) is 5.75 Å². The second-order valence-corrected chi connectivity index (χ2v) is 6.73. The Labute approximate surface area is 176 Å². The van der Waals surface area contributed by atoms with Gasteiger partial charge in [-0.3, -0.25) is 4.79 Å². The molecule has 0 aliphatic carbocycles. The molecule has 0 aromatic heterocycles. The van der Waals surface area contributed by atoms with Crippen LogP contribution in [-0.2, 0) is 17.8 Å². The fourth-order valence-corrected chi connectivity index (χ4v) is 2.93. The maximum Gasteiger partial charge on any atom is 0.326 e. The number of carbonyl (C=O) groups is 2. The van der Waals surface area contributed by atoms with E-state index in [0.29, 0.717) is 30.1 Å².